The molecule has 1 unspecified atom stereocenters. The van der Waals surface area contributed by atoms with E-state index in [4.69, 9.17) is 0 Å². The van der Waals surface area contributed by atoms with Crippen molar-refractivity contribution in [3.8, 4) is 0 Å². The van der Waals surface area contributed by atoms with Crippen LogP contribution >= 0.6 is 0 Å². The van der Waals surface area contributed by atoms with Crippen LogP contribution in [0.15, 0.2) is 0 Å². The van der Waals surface area contributed by atoms with Crippen molar-refractivity contribution < 1.29 is 8.42 Å². The van der Waals surface area contributed by atoms with Crippen LogP contribution in [0.1, 0.15) is 32.6 Å². The number of hydrogen-bond donors (Lipinski definition) is 1. The summed E-state index contributed by atoms with van der Waals surface area (Å²) in [4.78, 5) is 0. The van der Waals surface area contributed by atoms with Gasteiger partial charge in [0.05, 0.1) is 0 Å². The lowest BCUT2D eigenvalue weighted by molar-refractivity contribution is 0.240. The molecule has 3 saturated heterocycles. The average Bonchev–Trinajstić information content (AvgIpc) is 2.90. The van der Waals surface area contributed by atoms with E-state index in [1.165, 1.54) is 0 Å². The molecule has 0 aromatic rings. The van der Waals surface area contributed by atoms with E-state index in [1.807, 2.05) is 6.92 Å². The summed E-state index contributed by atoms with van der Waals surface area (Å²) in [5.41, 5.74) is 0. The Morgan fingerprint density at radius 3 is 2.67 bits per heavy atom. The maximum Gasteiger partial charge on any atom is 0.282 e. The van der Waals surface area contributed by atoms with Crippen LogP contribution in [-0.4, -0.2) is 55.3 Å². The van der Waals surface area contributed by atoms with Gasteiger partial charge in [0.1, 0.15) is 0 Å². The molecule has 0 amide bonds. The van der Waals surface area contributed by atoms with E-state index in [9.17, 15) is 8.42 Å². The third-order valence-electron chi connectivity index (χ3n) is 4.73. The third-order valence-corrected chi connectivity index (χ3v) is 6.91. The highest BCUT2D eigenvalue weighted by Gasteiger charge is 2.46. The molecule has 0 spiro atoms. The highest BCUT2D eigenvalue weighted by molar-refractivity contribution is 7.86. The van der Waals surface area contributed by atoms with Gasteiger partial charge in [0.25, 0.3) is 10.2 Å². The van der Waals surface area contributed by atoms with Crippen LogP contribution in [0.4, 0.5) is 0 Å². The van der Waals surface area contributed by atoms with Crippen molar-refractivity contribution in [2.75, 3.05) is 26.2 Å². The molecule has 104 valence electrons. The Kier molecular flexibility index (Phi) is 3.38. The summed E-state index contributed by atoms with van der Waals surface area (Å²) in [5.74, 6) is 0.528. The molecule has 1 N–H and O–H groups in total. The Bertz CT molecular complexity index is 412. The molecule has 6 heteroatoms. The van der Waals surface area contributed by atoms with Crippen LogP contribution < -0.4 is 5.32 Å². The Morgan fingerprint density at radius 1 is 1.06 bits per heavy atom. The van der Waals surface area contributed by atoms with Crippen LogP contribution in [0.25, 0.3) is 0 Å². The van der Waals surface area contributed by atoms with E-state index in [0.29, 0.717) is 19.0 Å². The third kappa shape index (κ3) is 1.99. The van der Waals surface area contributed by atoms with Gasteiger partial charge in [0.2, 0.25) is 0 Å². The normalized spacial score (nSPS) is 39.1. The molecule has 0 aromatic carbocycles. The molecule has 3 heterocycles. The molecule has 0 aliphatic carbocycles. The number of nitrogens with one attached hydrogen (secondary N) is 1. The largest absolute Gasteiger partial charge is 0.315 e. The van der Waals surface area contributed by atoms with E-state index in [1.54, 1.807) is 8.61 Å². The van der Waals surface area contributed by atoms with Gasteiger partial charge in [-0.2, -0.15) is 17.0 Å². The quantitative estimate of drug-likeness (QED) is 0.792. The van der Waals surface area contributed by atoms with E-state index in [-0.39, 0.29) is 12.1 Å². The summed E-state index contributed by atoms with van der Waals surface area (Å²) >= 11 is 0. The molecule has 0 saturated carbocycles. The van der Waals surface area contributed by atoms with Gasteiger partial charge in [0.15, 0.2) is 0 Å². The number of piperidine rings is 1. The van der Waals surface area contributed by atoms with Gasteiger partial charge in [-0.1, -0.05) is 6.42 Å². The second-order valence-corrected chi connectivity index (χ2v) is 7.68. The smallest absolute Gasteiger partial charge is 0.282 e. The molecule has 0 radical (unpaired) electrons. The number of hydrogen-bond acceptors (Lipinski definition) is 3. The second-order valence-electron chi connectivity index (χ2n) is 5.85. The number of nitrogens with zero attached hydrogens (tertiary/aromatic N) is 2. The van der Waals surface area contributed by atoms with Crippen molar-refractivity contribution in [3.63, 3.8) is 0 Å². The van der Waals surface area contributed by atoms with E-state index < -0.39 is 10.2 Å². The van der Waals surface area contributed by atoms with Gasteiger partial charge < -0.3 is 5.32 Å². The molecule has 0 aromatic heterocycles. The van der Waals surface area contributed by atoms with E-state index in [2.05, 4.69) is 5.32 Å². The fourth-order valence-corrected chi connectivity index (χ4v) is 5.76. The van der Waals surface area contributed by atoms with Crippen LogP contribution in [0.2, 0.25) is 0 Å². The van der Waals surface area contributed by atoms with Crippen molar-refractivity contribution in [2.24, 2.45) is 5.92 Å². The topological polar surface area (TPSA) is 52.7 Å². The van der Waals surface area contributed by atoms with Crippen molar-refractivity contribution >= 4 is 10.2 Å². The van der Waals surface area contributed by atoms with Gasteiger partial charge in [-0.05, 0) is 38.6 Å². The van der Waals surface area contributed by atoms with Crippen LogP contribution in [-0.2, 0) is 10.2 Å². The Morgan fingerprint density at radius 2 is 1.89 bits per heavy atom. The monoisotopic (exact) mass is 273 g/mol. The number of rotatable bonds is 2. The van der Waals surface area contributed by atoms with Crippen LogP contribution in [0.3, 0.4) is 0 Å². The van der Waals surface area contributed by atoms with Crippen molar-refractivity contribution in [3.05, 3.63) is 0 Å². The Hall–Kier alpha value is -0.170. The summed E-state index contributed by atoms with van der Waals surface area (Å²) in [6.07, 6.45) is 4.17. The zero-order valence-corrected chi connectivity index (χ0v) is 11.8. The molecule has 0 bridgehead atoms. The van der Waals surface area contributed by atoms with Gasteiger partial charge in [-0.15, -0.1) is 0 Å². The fraction of sp³-hybridized carbons (Fsp3) is 1.00. The lowest BCUT2D eigenvalue weighted by Crippen LogP contribution is -2.52. The van der Waals surface area contributed by atoms with Crippen LogP contribution in [0, 0.1) is 5.92 Å². The predicted molar refractivity (Wildman–Crippen MR) is 70.4 cm³/mol. The highest BCUT2D eigenvalue weighted by atomic mass is 32.2. The molecule has 3 aliphatic heterocycles. The maximum atomic E-state index is 12.8. The minimum Gasteiger partial charge on any atom is -0.315 e. The minimum atomic E-state index is -3.24. The zero-order chi connectivity index (χ0) is 12.8. The number of fused-ring (bicyclic) bond motifs is 1. The first-order valence-corrected chi connectivity index (χ1v) is 8.50. The van der Waals surface area contributed by atoms with Gasteiger partial charge in [-0.25, -0.2) is 0 Å². The SMILES string of the molecule is CC1CCCCN1S(=O)(=O)N1CC[C@@H]2CNC[C@@H]21. The average molecular weight is 273 g/mol. The predicted octanol–water partition coefficient (Wildman–Crippen LogP) is 0.399. The molecule has 3 atom stereocenters. The first-order chi connectivity index (χ1) is 8.60. The molecule has 3 aliphatic rings. The fourth-order valence-electron chi connectivity index (χ4n) is 3.65. The molecular formula is C12H23N3O2S. The zero-order valence-electron chi connectivity index (χ0n) is 11.0. The van der Waals surface area contributed by atoms with Crippen molar-refractivity contribution in [2.45, 2.75) is 44.7 Å². The van der Waals surface area contributed by atoms with Crippen LogP contribution in [0.5, 0.6) is 0 Å². The first kappa shape index (κ1) is 12.8. The summed E-state index contributed by atoms with van der Waals surface area (Å²) in [6.45, 7) is 5.25. The molecule has 3 rings (SSSR count). The van der Waals surface area contributed by atoms with Gasteiger partial charge in [-0.3, -0.25) is 0 Å². The molecule has 18 heavy (non-hydrogen) atoms. The standard InChI is InChI=1S/C12H23N3O2S/c1-10-4-2-3-6-14(10)18(16,17)15-7-5-11-8-13-9-12(11)15/h10-13H,2-9H2,1H3/t10?,11-,12+/m1/s1. The Balaban J connectivity index is 1.81. The Labute approximate surface area is 110 Å². The summed E-state index contributed by atoms with van der Waals surface area (Å²) in [7, 11) is -3.24. The van der Waals surface area contributed by atoms with E-state index in [0.717, 1.165) is 38.8 Å². The highest BCUT2D eigenvalue weighted by Crippen LogP contribution is 2.32. The lowest BCUT2D eigenvalue weighted by Gasteiger charge is -2.36. The molecule has 5 nitrogen and oxygen atoms in total. The summed E-state index contributed by atoms with van der Waals surface area (Å²) < 4.78 is 29.0. The molecular weight excluding hydrogens is 250 g/mol. The van der Waals surface area contributed by atoms with Gasteiger partial charge >= 0.3 is 0 Å². The van der Waals surface area contributed by atoms with Crippen molar-refractivity contribution in [1.82, 2.24) is 13.9 Å². The van der Waals surface area contributed by atoms with Gasteiger partial charge in [0, 0.05) is 31.7 Å². The maximum absolute atomic E-state index is 12.8. The lowest BCUT2D eigenvalue weighted by atomic mass is 10.1. The summed E-state index contributed by atoms with van der Waals surface area (Å²) in [6, 6.07) is 0.362. The second kappa shape index (κ2) is 4.74. The van der Waals surface area contributed by atoms with Crippen molar-refractivity contribution in [1.29, 1.82) is 0 Å². The first-order valence-electron chi connectivity index (χ1n) is 7.10. The molecule has 3 fully saturated rings. The minimum absolute atomic E-state index is 0.164. The van der Waals surface area contributed by atoms with E-state index >= 15 is 0 Å². The summed E-state index contributed by atoms with van der Waals surface area (Å²) in [5, 5.41) is 3.32.